The van der Waals surface area contributed by atoms with Crippen LogP contribution < -0.4 is 15.6 Å². The summed E-state index contributed by atoms with van der Waals surface area (Å²) < 4.78 is 27.2. The maximum Gasteiger partial charge on any atom is 0.270 e. The minimum Gasteiger partial charge on any atom is -0.280 e. The van der Waals surface area contributed by atoms with Crippen LogP contribution in [0.5, 0.6) is 0 Å². The number of non-ortho nitro benzene ring substituents is 1. The first-order valence-corrected chi connectivity index (χ1v) is 10.7. The molecule has 0 spiro atoms. The molecule has 164 valence electrons. The summed E-state index contributed by atoms with van der Waals surface area (Å²) in [5.41, 5.74) is 5.75. The first kappa shape index (κ1) is 22.4. The monoisotopic (exact) mass is 454 g/mol. The third-order valence-electron chi connectivity index (χ3n) is 4.42. The zero-order chi connectivity index (χ0) is 23.3. The molecule has 0 saturated heterocycles. The number of rotatable bonds is 6. The summed E-state index contributed by atoms with van der Waals surface area (Å²) in [5.74, 6) is -1.07. The Balaban J connectivity index is 1.65. The van der Waals surface area contributed by atoms with E-state index in [2.05, 4.69) is 15.6 Å². The SMILES string of the molecule is Cc1ccccc1C(=O)NNC(=O)c1ccc(NS(=O)(=O)c2cccc([N+](=O)[O-])c2)cc1. The normalized spacial score (nSPS) is 10.8. The van der Waals surface area contributed by atoms with Crippen LogP contribution in [0.2, 0.25) is 0 Å². The standard InChI is InChI=1S/C21H18N4O6S/c1-14-5-2-3-8-19(14)21(27)23-22-20(26)15-9-11-16(12-10-15)24-32(30,31)18-7-4-6-17(13-18)25(28)29/h2-13,24H,1H3,(H,22,26)(H,23,27). The Labute approximate surface area is 183 Å². The number of nitrogens with one attached hydrogen (secondary N) is 3. The predicted molar refractivity (Wildman–Crippen MR) is 116 cm³/mol. The maximum absolute atomic E-state index is 12.5. The predicted octanol–water partition coefficient (Wildman–Crippen LogP) is 2.78. The van der Waals surface area contributed by atoms with Crippen molar-refractivity contribution in [3.05, 3.63) is 99.6 Å². The molecule has 3 aromatic carbocycles. The number of benzene rings is 3. The fourth-order valence-electron chi connectivity index (χ4n) is 2.75. The number of nitrogens with zero attached hydrogens (tertiary/aromatic N) is 1. The molecule has 0 aliphatic rings. The van der Waals surface area contributed by atoms with Crippen molar-refractivity contribution < 1.29 is 22.9 Å². The summed E-state index contributed by atoms with van der Waals surface area (Å²) >= 11 is 0. The number of hydrogen-bond donors (Lipinski definition) is 3. The number of nitro benzene ring substituents is 1. The van der Waals surface area contributed by atoms with E-state index in [-0.39, 0.29) is 21.8 Å². The van der Waals surface area contributed by atoms with Gasteiger partial charge in [-0.1, -0.05) is 24.3 Å². The van der Waals surface area contributed by atoms with Crippen molar-refractivity contribution in [1.82, 2.24) is 10.9 Å². The largest absolute Gasteiger partial charge is 0.280 e. The third kappa shape index (κ3) is 5.26. The second kappa shape index (κ2) is 9.27. The topological polar surface area (TPSA) is 148 Å². The third-order valence-corrected chi connectivity index (χ3v) is 5.80. The van der Waals surface area contributed by atoms with Crippen LogP contribution in [-0.2, 0) is 10.0 Å². The van der Waals surface area contributed by atoms with E-state index < -0.39 is 26.8 Å². The average molecular weight is 454 g/mol. The highest BCUT2D eigenvalue weighted by Crippen LogP contribution is 2.20. The van der Waals surface area contributed by atoms with Gasteiger partial charge >= 0.3 is 0 Å². The summed E-state index contributed by atoms with van der Waals surface area (Å²) in [6.45, 7) is 1.77. The molecular formula is C21H18N4O6S. The number of nitro groups is 1. The number of amides is 2. The molecule has 0 atom stereocenters. The molecule has 0 unspecified atom stereocenters. The van der Waals surface area contributed by atoms with Crippen molar-refractivity contribution in [2.45, 2.75) is 11.8 Å². The summed E-state index contributed by atoms with van der Waals surface area (Å²) in [7, 11) is -4.07. The summed E-state index contributed by atoms with van der Waals surface area (Å²) in [4.78, 5) is 34.3. The average Bonchev–Trinajstić information content (AvgIpc) is 2.78. The summed E-state index contributed by atoms with van der Waals surface area (Å²) in [6, 6.07) is 17.0. The number of aryl methyl sites for hydroxylation is 1. The first-order chi connectivity index (χ1) is 15.2. The molecule has 0 radical (unpaired) electrons. The van der Waals surface area contributed by atoms with Crippen molar-refractivity contribution in [2.75, 3.05) is 4.72 Å². The number of hydrogen-bond acceptors (Lipinski definition) is 6. The van der Waals surface area contributed by atoms with Gasteiger partial charge in [-0.2, -0.15) is 0 Å². The van der Waals surface area contributed by atoms with Gasteiger partial charge in [-0.3, -0.25) is 35.3 Å². The number of hydrazine groups is 1. The Morgan fingerprint density at radius 3 is 2.19 bits per heavy atom. The van der Waals surface area contributed by atoms with Gasteiger partial charge < -0.3 is 0 Å². The van der Waals surface area contributed by atoms with Crippen LogP contribution in [0.4, 0.5) is 11.4 Å². The molecule has 3 N–H and O–H groups in total. The van der Waals surface area contributed by atoms with Crippen molar-refractivity contribution in [3.63, 3.8) is 0 Å². The van der Waals surface area contributed by atoms with Gasteiger partial charge in [-0.25, -0.2) is 8.42 Å². The Hall–Kier alpha value is -4.25. The van der Waals surface area contributed by atoms with Crippen molar-refractivity contribution in [2.24, 2.45) is 0 Å². The van der Waals surface area contributed by atoms with Gasteiger partial charge in [0.2, 0.25) is 0 Å². The van der Waals surface area contributed by atoms with Crippen LogP contribution in [0, 0.1) is 17.0 Å². The zero-order valence-corrected chi connectivity index (χ0v) is 17.5. The maximum atomic E-state index is 12.5. The van der Waals surface area contributed by atoms with Gasteiger partial charge in [0.1, 0.15) is 0 Å². The van der Waals surface area contributed by atoms with E-state index >= 15 is 0 Å². The molecule has 11 heteroatoms. The Kier molecular flexibility index (Phi) is 6.50. The molecule has 32 heavy (non-hydrogen) atoms. The molecular weight excluding hydrogens is 436 g/mol. The highest BCUT2D eigenvalue weighted by molar-refractivity contribution is 7.92. The minimum atomic E-state index is -4.07. The molecule has 0 aliphatic heterocycles. The van der Waals surface area contributed by atoms with Crippen LogP contribution in [0.15, 0.2) is 77.7 Å². The summed E-state index contributed by atoms with van der Waals surface area (Å²) in [5, 5.41) is 10.9. The lowest BCUT2D eigenvalue weighted by Gasteiger charge is -2.10. The van der Waals surface area contributed by atoms with Gasteiger partial charge in [-0.15, -0.1) is 0 Å². The van der Waals surface area contributed by atoms with E-state index in [0.29, 0.717) is 5.56 Å². The second-order valence-electron chi connectivity index (χ2n) is 6.66. The Bertz CT molecular complexity index is 1290. The Morgan fingerprint density at radius 1 is 0.875 bits per heavy atom. The lowest BCUT2D eigenvalue weighted by atomic mass is 10.1. The molecule has 3 aromatic rings. The second-order valence-corrected chi connectivity index (χ2v) is 8.34. The van der Waals surface area contributed by atoms with Crippen molar-refractivity contribution >= 4 is 33.2 Å². The molecule has 0 heterocycles. The molecule has 0 bridgehead atoms. The summed E-state index contributed by atoms with van der Waals surface area (Å²) in [6.07, 6.45) is 0. The van der Waals surface area contributed by atoms with Crippen LogP contribution in [0.3, 0.4) is 0 Å². The van der Waals surface area contributed by atoms with Gasteiger partial charge in [-0.05, 0) is 48.9 Å². The molecule has 0 fully saturated rings. The number of carbonyl (C=O) groups excluding carboxylic acids is 2. The van der Waals surface area contributed by atoms with E-state index in [1.165, 1.54) is 42.5 Å². The van der Waals surface area contributed by atoms with Gasteiger partial charge in [0, 0.05) is 28.9 Å². The van der Waals surface area contributed by atoms with Crippen LogP contribution >= 0.6 is 0 Å². The van der Waals surface area contributed by atoms with Crippen LogP contribution in [0.1, 0.15) is 26.3 Å². The molecule has 0 aromatic heterocycles. The van der Waals surface area contributed by atoms with E-state index in [4.69, 9.17) is 0 Å². The smallest absolute Gasteiger partial charge is 0.270 e. The van der Waals surface area contributed by atoms with Gasteiger partial charge in [0.25, 0.3) is 27.5 Å². The van der Waals surface area contributed by atoms with E-state index in [1.807, 2.05) is 0 Å². The van der Waals surface area contributed by atoms with E-state index in [1.54, 1.807) is 31.2 Å². The number of sulfonamides is 1. The minimum absolute atomic E-state index is 0.150. The van der Waals surface area contributed by atoms with E-state index in [9.17, 15) is 28.1 Å². The van der Waals surface area contributed by atoms with Gasteiger partial charge in [0.05, 0.1) is 9.82 Å². The Morgan fingerprint density at radius 2 is 1.53 bits per heavy atom. The van der Waals surface area contributed by atoms with Crippen molar-refractivity contribution in [1.29, 1.82) is 0 Å². The van der Waals surface area contributed by atoms with Gasteiger partial charge in [0.15, 0.2) is 0 Å². The molecule has 0 aliphatic carbocycles. The van der Waals surface area contributed by atoms with Crippen LogP contribution in [0.25, 0.3) is 0 Å². The molecule has 2 amide bonds. The fourth-order valence-corrected chi connectivity index (χ4v) is 3.85. The molecule has 10 nitrogen and oxygen atoms in total. The fraction of sp³-hybridized carbons (Fsp3) is 0.0476. The highest BCUT2D eigenvalue weighted by atomic mass is 32.2. The zero-order valence-electron chi connectivity index (χ0n) is 16.7. The molecule has 0 saturated carbocycles. The van der Waals surface area contributed by atoms with Crippen LogP contribution in [-0.4, -0.2) is 25.2 Å². The number of carbonyl (C=O) groups is 2. The lowest BCUT2D eigenvalue weighted by Crippen LogP contribution is -2.41. The molecule has 3 rings (SSSR count). The highest BCUT2D eigenvalue weighted by Gasteiger charge is 2.18. The van der Waals surface area contributed by atoms with E-state index in [0.717, 1.165) is 11.6 Å². The number of anilines is 1. The van der Waals surface area contributed by atoms with Crippen molar-refractivity contribution in [3.8, 4) is 0 Å². The first-order valence-electron chi connectivity index (χ1n) is 9.21. The quantitative estimate of drug-likeness (QED) is 0.385. The lowest BCUT2D eigenvalue weighted by molar-refractivity contribution is -0.385.